The first-order chi connectivity index (χ1) is 9.56. The molecule has 0 aromatic heterocycles. The maximum Gasteiger partial charge on any atom is 0.163 e. The molecule has 112 valence electrons. The molecule has 0 saturated heterocycles. The molecule has 1 aromatic rings. The van der Waals surface area contributed by atoms with E-state index in [-0.39, 0.29) is 11.9 Å². The normalized spacial score (nSPS) is 24.2. The van der Waals surface area contributed by atoms with Crippen molar-refractivity contribution in [1.82, 2.24) is 0 Å². The van der Waals surface area contributed by atoms with E-state index in [1.54, 1.807) is 13.2 Å². The van der Waals surface area contributed by atoms with Crippen LogP contribution in [0.3, 0.4) is 0 Å². The number of ether oxygens (including phenoxy) is 2. The summed E-state index contributed by atoms with van der Waals surface area (Å²) in [6.45, 7) is 2.26. The van der Waals surface area contributed by atoms with Gasteiger partial charge in [0, 0.05) is 17.7 Å². The molecule has 20 heavy (non-hydrogen) atoms. The van der Waals surface area contributed by atoms with E-state index in [1.807, 2.05) is 0 Å². The fraction of sp³-hybridized carbons (Fsp3) is 0.625. The van der Waals surface area contributed by atoms with Crippen LogP contribution >= 0.6 is 0 Å². The van der Waals surface area contributed by atoms with Gasteiger partial charge in [-0.2, -0.15) is 0 Å². The Labute approximate surface area is 120 Å². The fourth-order valence-electron chi connectivity index (χ4n) is 3.02. The van der Waals surface area contributed by atoms with E-state index >= 15 is 0 Å². The van der Waals surface area contributed by atoms with Gasteiger partial charge in [-0.3, -0.25) is 0 Å². The Morgan fingerprint density at radius 1 is 1.10 bits per heavy atom. The first-order valence-electron chi connectivity index (χ1n) is 7.23. The van der Waals surface area contributed by atoms with Crippen molar-refractivity contribution in [1.29, 1.82) is 0 Å². The van der Waals surface area contributed by atoms with Crippen LogP contribution in [0.25, 0.3) is 0 Å². The quantitative estimate of drug-likeness (QED) is 0.915. The fourth-order valence-corrected chi connectivity index (χ4v) is 3.02. The molecule has 4 heteroatoms. The smallest absolute Gasteiger partial charge is 0.163 e. The van der Waals surface area contributed by atoms with Crippen molar-refractivity contribution in [2.75, 3.05) is 14.2 Å². The van der Waals surface area contributed by atoms with Crippen LogP contribution in [0.4, 0.5) is 4.39 Å². The summed E-state index contributed by atoms with van der Waals surface area (Å²) in [4.78, 5) is 0. The summed E-state index contributed by atoms with van der Waals surface area (Å²) in [7, 11) is 3.05. The zero-order chi connectivity index (χ0) is 14.7. The lowest BCUT2D eigenvalue weighted by atomic mass is 9.77. The number of rotatable bonds is 4. The topological polar surface area (TPSA) is 44.5 Å². The summed E-state index contributed by atoms with van der Waals surface area (Å²) in [5.74, 6) is 1.73. The lowest BCUT2D eigenvalue weighted by Gasteiger charge is -2.31. The van der Waals surface area contributed by atoms with Crippen LogP contribution in [0, 0.1) is 17.7 Å². The van der Waals surface area contributed by atoms with Crippen LogP contribution in [-0.2, 0) is 0 Å². The summed E-state index contributed by atoms with van der Waals surface area (Å²) < 4.78 is 24.6. The summed E-state index contributed by atoms with van der Waals surface area (Å²) >= 11 is 0. The molecule has 0 aliphatic heterocycles. The third kappa shape index (κ3) is 3.06. The van der Waals surface area contributed by atoms with E-state index in [9.17, 15) is 4.39 Å². The number of hydrogen-bond donors (Lipinski definition) is 1. The average molecular weight is 281 g/mol. The first kappa shape index (κ1) is 15.1. The largest absolute Gasteiger partial charge is 0.493 e. The van der Waals surface area contributed by atoms with Gasteiger partial charge in [-0.05, 0) is 30.7 Å². The van der Waals surface area contributed by atoms with Crippen molar-refractivity contribution in [3.05, 3.63) is 23.5 Å². The number of benzene rings is 1. The van der Waals surface area contributed by atoms with Crippen molar-refractivity contribution in [2.45, 2.75) is 38.6 Å². The Kier molecular flexibility index (Phi) is 4.86. The highest BCUT2D eigenvalue weighted by Gasteiger charge is 2.27. The average Bonchev–Trinajstić information content (AvgIpc) is 2.47. The van der Waals surface area contributed by atoms with Gasteiger partial charge in [0.2, 0.25) is 0 Å². The minimum atomic E-state index is -0.311. The molecule has 1 atom stereocenters. The highest BCUT2D eigenvalue weighted by molar-refractivity contribution is 5.44. The van der Waals surface area contributed by atoms with Crippen molar-refractivity contribution >= 4 is 0 Å². The molecular weight excluding hydrogens is 257 g/mol. The van der Waals surface area contributed by atoms with Gasteiger partial charge < -0.3 is 15.2 Å². The van der Waals surface area contributed by atoms with Gasteiger partial charge in [0.1, 0.15) is 5.82 Å². The van der Waals surface area contributed by atoms with Gasteiger partial charge >= 0.3 is 0 Å². The Bertz CT molecular complexity index is 456. The molecule has 1 unspecified atom stereocenters. The van der Waals surface area contributed by atoms with Crippen LogP contribution < -0.4 is 15.2 Å². The molecule has 3 nitrogen and oxygen atoms in total. The SMILES string of the molecule is COc1cc(F)c(C(N)C2CCC(C)CC2)cc1OC. The third-order valence-electron chi connectivity index (χ3n) is 4.43. The minimum Gasteiger partial charge on any atom is -0.493 e. The predicted octanol–water partition coefficient (Wildman–Crippen LogP) is 3.67. The van der Waals surface area contributed by atoms with E-state index in [0.717, 1.165) is 18.8 Å². The van der Waals surface area contributed by atoms with Crippen molar-refractivity contribution in [3.8, 4) is 11.5 Å². The van der Waals surface area contributed by atoms with Crippen LogP contribution in [-0.4, -0.2) is 14.2 Å². The van der Waals surface area contributed by atoms with Crippen molar-refractivity contribution in [3.63, 3.8) is 0 Å². The van der Waals surface area contributed by atoms with E-state index in [4.69, 9.17) is 15.2 Å². The molecule has 1 aliphatic rings. The van der Waals surface area contributed by atoms with Gasteiger partial charge in [0.25, 0.3) is 0 Å². The highest BCUT2D eigenvalue weighted by Crippen LogP contribution is 2.39. The number of methoxy groups -OCH3 is 2. The molecule has 2 N–H and O–H groups in total. The summed E-state index contributed by atoms with van der Waals surface area (Å²) in [5, 5.41) is 0. The Morgan fingerprint density at radius 3 is 2.20 bits per heavy atom. The molecule has 0 amide bonds. The third-order valence-corrected chi connectivity index (χ3v) is 4.43. The molecule has 0 radical (unpaired) electrons. The zero-order valence-corrected chi connectivity index (χ0v) is 12.5. The second-order valence-corrected chi connectivity index (χ2v) is 5.77. The predicted molar refractivity (Wildman–Crippen MR) is 77.6 cm³/mol. The lowest BCUT2D eigenvalue weighted by molar-refractivity contribution is 0.252. The van der Waals surface area contributed by atoms with E-state index in [1.165, 1.54) is 26.0 Å². The van der Waals surface area contributed by atoms with E-state index in [2.05, 4.69) is 6.92 Å². The molecule has 0 bridgehead atoms. The second-order valence-electron chi connectivity index (χ2n) is 5.77. The van der Waals surface area contributed by atoms with Gasteiger partial charge in [0.15, 0.2) is 11.5 Å². The maximum atomic E-state index is 14.2. The summed E-state index contributed by atoms with van der Waals surface area (Å²) in [6, 6.07) is 2.76. The minimum absolute atomic E-state index is 0.276. The molecular formula is C16H24FNO2. The second kappa shape index (κ2) is 6.44. The Morgan fingerprint density at radius 2 is 1.65 bits per heavy atom. The Balaban J connectivity index is 2.23. The molecule has 2 rings (SSSR count). The molecule has 1 aliphatic carbocycles. The first-order valence-corrected chi connectivity index (χ1v) is 7.23. The molecule has 1 saturated carbocycles. The molecule has 1 fully saturated rings. The highest BCUT2D eigenvalue weighted by atomic mass is 19.1. The van der Waals surface area contributed by atoms with Gasteiger partial charge in [-0.15, -0.1) is 0 Å². The lowest BCUT2D eigenvalue weighted by Crippen LogP contribution is -2.26. The van der Waals surface area contributed by atoms with E-state index in [0.29, 0.717) is 23.0 Å². The van der Waals surface area contributed by atoms with Gasteiger partial charge in [0.05, 0.1) is 14.2 Å². The van der Waals surface area contributed by atoms with Crippen molar-refractivity contribution < 1.29 is 13.9 Å². The zero-order valence-electron chi connectivity index (χ0n) is 12.5. The molecule has 1 aromatic carbocycles. The van der Waals surface area contributed by atoms with Crippen molar-refractivity contribution in [2.24, 2.45) is 17.6 Å². The van der Waals surface area contributed by atoms with Gasteiger partial charge in [-0.25, -0.2) is 4.39 Å². The summed E-state index contributed by atoms with van der Waals surface area (Å²) in [5.41, 5.74) is 6.82. The molecule has 0 heterocycles. The maximum absolute atomic E-state index is 14.2. The summed E-state index contributed by atoms with van der Waals surface area (Å²) in [6.07, 6.45) is 4.48. The van der Waals surface area contributed by atoms with Gasteiger partial charge in [-0.1, -0.05) is 19.8 Å². The van der Waals surface area contributed by atoms with Crippen LogP contribution in [0.5, 0.6) is 11.5 Å². The monoisotopic (exact) mass is 281 g/mol. The number of nitrogens with two attached hydrogens (primary N) is 1. The van der Waals surface area contributed by atoms with Crippen LogP contribution in [0.2, 0.25) is 0 Å². The number of halogens is 1. The van der Waals surface area contributed by atoms with Crippen LogP contribution in [0.1, 0.15) is 44.2 Å². The van der Waals surface area contributed by atoms with Crippen LogP contribution in [0.15, 0.2) is 12.1 Å². The van der Waals surface area contributed by atoms with E-state index < -0.39 is 0 Å². The molecule has 0 spiro atoms. The number of hydrogen-bond acceptors (Lipinski definition) is 3. The Hall–Kier alpha value is -1.29. The standard InChI is InChI=1S/C16H24FNO2/c1-10-4-6-11(7-5-10)16(18)12-8-14(19-2)15(20-3)9-13(12)17/h8-11,16H,4-7,18H2,1-3H3.